The zero-order chi connectivity index (χ0) is 18.2. The van der Waals surface area contributed by atoms with E-state index in [2.05, 4.69) is 54.3 Å². The molecule has 0 aliphatic heterocycles. The maximum Gasteiger partial charge on any atom is 0.209 e. The number of anilines is 2. The number of nitrogens with one attached hydrogen (secondary N) is 1. The van der Waals surface area contributed by atoms with Crippen LogP contribution in [0.2, 0.25) is 0 Å². The number of hydrogen-bond donors (Lipinski definition) is 1. The minimum atomic E-state index is 0.770. The predicted molar refractivity (Wildman–Crippen MR) is 106 cm³/mol. The monoisotopic (exact) mass is 373 g/mol. The fourth-order valence-corrected chi connectivity index (χ4v) is 3.52. The van der Waals surface area contributed by atoms with E-state index < -0.39 is 0 Å². The van der Waals surface area contributed by atoms with E-state index in [9.17, 15) is 0 Å². The van der Waals surface area contributed by atoms with E-state index in [4.69, 9.17) is 0 Å². The average molecular weight is 373 g/mol. The van der Waals surface area contributed by atoms with Gasteiger partial charge in [0, 0.05) is 36.3 Å². The van der Waals surface area contributed by atoms with E-state index in [1.165, 1.54) is 11.3 Å². The van der Waals surface area contributed by atoms with Crippen LogP contribution in [0.1, 0.15) is 0 Å². The second-order valence-electron chi connectivity index (χ2n) is 6.14. The van der Waals surface area contributed by atoms with Gasteiger partial charge in [-0.05, 0) is 29.8 Å². The van der Waals surface area contributed by atoms with Crippen LogP contribution >= 0.6 is 11.3 Å². The molecule has 0 saturated heterocycles. The lowest BCUT2D eigenvalue weighted by Gasteiger charge is -2.07. The van der Waals surface area contributed by atoms with Gasteiger partial charge in [-0.15, -0.1) is 10.2 Å². The normalized spacial score (nSPS) is 11.1. The van der Waals surface area contributed by atoms with Crippen molar-refractivity contribution >= 4 is 27.8 Å². The van der Waals surface area contributed by atoms with Gasteiger partial charge in [-0.2, -0.15) is 5.10 Å². The lowest BCUT2D eigenvalue weighted by molar-refractivity contribution is 0.768. The summed E-state index contributed by atoms with van der Waals surface area (Å²) < 4.78 is 3.89. The Morgan fingerprint density at radius 3 is 2.81 bits per heavy atom. The third-order valence-corrected chi connectivity index (χ3v) is 4.93. The summed E-state index contributed by atoms with van der Waals surface area (Å²) in [6.45, 7) is 0. The maximum absolute atomic E-state index is 4.59. The number of aryl methyl sites for hydroxylation is 1. The molecule has 1 N–H and O–H groups in total. The molecule has 0 spiro atoms. The highest BCUT2D eigenvalue weighted by Gasteiger charge is 2.09. The first-order chi connectivity index (χ1) is 13.3. The van der Waals surface area contributed by atoms with Crippen molar-refractivity contribution in [3.63, 3.8) is 0 Å². The summed E-state index contributed by atoms with van der Waals surface area (Å²) in [5.74, 6) is 0. The van der Waals surface area contributed by atoms with Crippen LogP contribution in [-0.2, 0) is 7.05 Å². The lowest BCUT2D eigenvalue weighted by Crippen LogP contribution is -1.92. The number of aromatic nitrogens is 6. The van der Waals surface area contributed by atoms with Gasteiger partial charge in [0.15, 0.2) is 0 Å². The topological polar surface area (TPSA) is 72.9 Å². The second kappa shape index (κ2) is 6.33. The smallest absolute Gasteiger partial charge is 0.209 e. The van der Waals surface area contributed by atoms with Gasteiger partial charge < -0.3 is 5.32 Å². The molecule has 5 rings (SSSR count). The Morgan fingerprint density at radius 2 is 2.00 bits per heavy atom. The average Bonchev–Trinajstić information content (AvgIpc) is 3.42. The molecule has 0 aliphatic carbocycles. The fourth-order valence-electron chi connectivity index (χ4n) is 3.05. The van der Waals surface area contributed by atoms with Gasteiger partial charge >= 0.3 is 0 Å². The molecule has 0 aliphatic rings. The Morgan fingerprint density at radius 1 is 1.04 bits per heavy atom. The van der Waals surface area contributed by atoms with Crippen molar-refractivity contribution in [3.05, 3.63) is 66.7 Å². The SMILES string of the molecule is Cn1cc(-c2ccn3c(-c4cccc(Nc5nncs5)c4)cnc3c2)cn1. The quantitative estimate of drug-likeness (QED) is 0.515. The largest absolute Gasteiger partial charge is 0.330 e. The first kappa shape index (κ1) is 15.7. The molecule has 0 saturated carbocycles. The van der Waals surface area contributed by atoms with Gasteiger partial charge in [0.1, 0.15) is 11.2 Å². The molecule has 0 bridgehead atoms. The summed E-state index contributed by atoms with van der Waals surface area (Å²) in [5.41, 5.74) is 7.85. The van der Waals surface area contributed by atoms with Crippen LogP contribution in [0, 0.1) is 0 Å². The molecule has 1 aromatic carbocycles. The number of rotatable bonds is 4. The molecule has 4 aromatic heterocycles. The van der Waals surface area contributed by atoms with E-state index in [1.807, 2.05) is 44.0 Å². The Kier molecular flexibility index (Phi) is 3.68. The molecule has 132 valence electrons. The van der Waals surface area contributed by atoms with E-state index in [0.717, 1.165) is 38.9 Å². The van der Waals surface area contributed by atoms with Crippen LogP contribution in [-0.4, -0.2) is 29.4 Å². The molecule has 0 atom stereocenters. The highest BCUT2D eigenvalue weighted by Crippen LogP contribution is 2.27. The summed E-state index contributed by atoms with van der Waals surface area (Å²) >= 11 is 1.47. The molecule has 0 amide bonds. The fraction of sp³-hybridized carbons (Fsp3) is 0.0526. The van der Waals surface area contributed by atoms with Gasteiger partial charge in [-0.1, -0.05) is 23.5 Å². The van der Waals surface area contributed by atoms with E-state index >= 15 is 0 Å². The predicted octanol–water partition coefficient (Wildman–Crippen LogP) is 4.00. The summed E-state index contributed by atoms with van der Waals surface area (Å²) in [5, 5.41) is 16.2. The standard InChI is InChI=1S/C19H15N7S/c1-25-11-15(9-22-25)13-5-6-26-17(10-20-18(26)8-13)14-3-2-4-16(7-14)23-19-24-21-12-27-19/h2-12H,1H3,(H,23,24). The number of fused-ring (bicyclic) bond motifs is 1. The molecule has 5 aromatic rings. The molecule has 0 fully saturated rings. The number of benzene rings is 1. The van der Waals surface area contributed by atoms with Crippen LogP contribution in [0.5, 0.6) is 0 Å². The summed E-state index contributed by atoms with van der Waals surface area (Å²) in [4.78, 5) is 4.59. The lowest BCUT2D eigenvalue weighted by atomic mass is 10.1. The minimum Gasteiger partial charge on any atom is -0.330 e. The Balaban J connectivity index is 1.52. The van der Waals surface area contributed by atoms with Crippen LogP contribution in [0.3, 0.4) is 0 Å². The second-order valence-corrected chi connectivity index (χ2v) is 6.97. The van der Waals surface area contributed by atoms with Gasteiger partial charge in [0.25, 0.3) is 0 Å². The number of pyridine rings is 1. The van der Waals surface area contributed by atoms with Crippen LogP contribution < -0.4 is 5.32 Å². The molecule has 27 heavy (non-hydrogen) atoms. The molecular weight excluding hydrogens is 358 g/mol. The third kappa shape index (κ3) is 2.96. The van der Waals surface area contributed by atoms with Gasteiger partial charge in [-0.3, -0.25) is 9.08 Å². The van der Waals surface area contributed by atoms with Crippen LogP contribution in [0.4, 0.5) is 10.8 Å². The molecule has 8 heteroatoms. The van der Waals surface area contributed by atoms with Gasteiger partial charge in [-0.25, -0.2) is 4.98 Å². The highest BCUT2D eigenvalue weighted by molar-refractivity contribution is 7.13. The number of hydrogen-bond acceptors (Lipinski definition) is 6. The maximum atomic E-state index is 4.59. The van der Waals surface area contributed by atoms with E-state index in [0.29, 0.717) is 0 Å². The third-order valence-electron chi connectivity index (χ3n) is 4.32. The highest BCUT2D eigenvalue weighted by atomic mass is 32.1. The minimum absolute atomic E-state index is 0.770. The number of nitrogens with zero attached hydrogens (tertiary/aromatic N) is 6. The number of imidazole rings is 1. The van der Waals surface area contributed by atoms with Crippen molar-refractivity contribution in [1.82, 2.24) is 29.4 Å². The van der Waals surface area contributed by atoms with Crippen molar-refractivity contribution in [2.24, 2.45) is 7.05 Å². The molecule has 0 radical (unpaired) electrons. The Labute approximate surface area is 159 Å². The van der Waals surface area contributed by atoms with Gasteiger partial charge in [0.2, 0.25) is 5.13 Å². The van der Waals surface area contributed by atoms with E-state index in [-0.39, 0.29) is 0 Å². The van der Waals surface area contributed by atoms with Crippen molar-refractivity contribution in [2.75, 3.05) is 5.32 Å². The zero-order valence-electron chi connectivity index (χ0n) is 14.4. The summed E-state index contributed by atoms with van der Waals surface area (Å²) in [6, 6.07) is 12.3. The first-order valence-electron chi connectivity index (χ1n) is 8.36. The summed E-state index contributed by atoms with van der Waals surface area (Å²) in [6.07, 6.45) is 7.80. The van der Waals surface area contributed by atoms with Crippen molar-refractivity contribution in [1.29, 1.82) is 0 Å². The van der Waals surface area contributed by atoms with Crippen molar-refractivity contribution in [2.45, 2.75) is 0 Å². The van der Waals surface area contributed by atoms with Crippen LogP contribution in [0.25, 0.3) is 28.0 Å². The molecule has 7 nitrogen and oxygen atoms in total. The summed E-state index contributed by atoms with van der Waals surface area (Å²) in [7, 11) is 1.92. The molecular formula is C19H15N7S. The van der Waals surface area contributed by atoms with Crippen molar-refractivity contribution in [3.8, 4) is 22.4 Å². The Bertz CT molecular complexity index is 1220. The Hall–Kier alpha value is -3.52. The van der Waals surface area contributed by atoms with Crippen molar-refractivity contribution < 1.29 is 0 Å². The van der Waals surface area contributed by atoms with E-state index in [1.54, 1.807) is 10.2 Å². The van der Waals surface area contributed by atoms with Crippen LogP contribution in [0.15, 0.2) is 66.7 Å². The molecule has 0 unspecified atom stereocenters. The zero-order valence-corrected chi connectivity index (χ0v) is 15.3. The van der Waals surface area contributed by atoms with Gasteiger partial charge in [0.05, 0.1) is 18.1 Å². The first-order valence-corrected chi connectivity index (χ1v) is 9.24. The molecule has 4 heterocycles.